The second-order valence-electron chi connectivity index (χ2n) is 8.08. The number of nitrogens with zero attached hydrogens (tertiary/aromatic N) is 7. The fourth-order valence-corrected chi connectivity index (χ4v) is 5.06. The molecule has 200 valence electrons. The van der Waals surface area contributed by atoms with Gasteiger partial charge in [0.25, 0.3) is 5.92 Å². The van der Waals surface area contributed by atoms with Crippen molar-refractivity contribution in [2.24, 2.45) is 0 Å². The molecule has 13 nitrogen and oxygen atoms in total. The van der Waals surface area contributed by atoms with E-state index >= 15 is 0 Å². The Bertz CT molecular complexity index is 1350. The Hall–Kier alpha value is -3.24. The summed E-state index contributed by atoms with van der Waals surface area (Å²) in [5.41, 5.74) is -0.0510. The highest BCUT2D eigenvalue weighted by molar-refractivity contribution is 7.93. The molecule has 0 amide bonds. The number of hydrogen-bond donors (Lipinski definition) is 1. The minimum atomic E-state index is -4.30. The van der Waals surface area contributed by atoms with Crippen LogP contribution in [0.5, 0.6) is 11.8 Å². The van der Waals surface area contributed by atoms with E-state index in [-0.39, 0.29) is 47.0 Å². The number of anilines is 1. The first-order chi connectivity index (χ1) is 17.5. The van der Waals surface area contributed by atoms with E-state index in [1.54, 1.807) is 0 Å². The Morgan fingerprint density at radius 3 is 2.22 bits per heavy atom. The lowest BCUT2D eigenvalue weighted by Crippen LogP contribution is -2.38. The molecule has 0 saturated heterocycles. The van der Waals surface area contributed by atoms with Gasteiger partial charge in [0.05, 0.1) is 25.2 Å². The van der Waals surface area contributed by atoms with E-state index in [1.165, 1.54) is 40.6 Å². The standard InChI is InChI=1S/C20H23ClF2N8O5S/c1-10(14(34-2)15-24-7-11(21)8-25-15)37(32,33)30-19-29-28-16(12-5-6-20(12,22)23)31(19)13-17(35-3)26-9-27-18(13)36-4/h7-10,12,14H,5-6H2,1-4H3,(H,29,30)/t10-,12+,14-/m0/s1. The van der Waals surface area contributed by atoms with Gasteiger partial charge in [-0.15, -0.1) is 10.2 Å². The minimum Gasteiger partial charge on any atom is -0.479 e. The SMILES string of the molecule is COc1ncnc(OC)c1-n1c(NS(=O)(=O)[C@@H](C)[C@H](OC)c2ncc(Cl)cn2)nnc1[C@H]1CCC1(F)F. The third kappa shape index (κ3) is 5.00. The van der Waals surface area contributed by atoms with Crippen molar-refractivity contribution in [1.82, 2.24) is 34.7 Å². The highest BCUT2D eigenvalue weighted by Gasteiger charge is 2.52. The highest BCUT2D eigenvalue weighted by atomic mass is 35.5. The van der Waals surface area contributed by atoms with E-state index in [2.05, 4.69) is 34.9 Å². The van der Waals surface area contributed by atoms with E-state index in [0.29, 0.717) is 0 Å². The summed E-state index contributed by atoms with van der Waals surface area (Å²) in [6.07, 6.45) is 2.40. The van der Waals surface area contributed by atoms with Crippen molar-refractivity contribution in [1.29, 1.82) is 0 Å². The normalized spacial score (nSPS) is 18.5. The van der Waals surface area contributed by atoms with Crippen molar-refractivity contribution >= 4 is 27.6 Å². The highest BCUT2D eigenvalue weighted by Crippen LogP contribution is 2.50. The zero-order valence-electron chi connectivity index (χ0n) is 20.1. The van der Waals surface area contributed by atoms with Crippen molar-refractivity contribution in [3.05, 3.63) is 35.4 Å². The van der Waals surface area contributed by atoms with Gasteiger partial charge in [-0.25, -0.2) is 27.2 Å². The number of aromatic nitrogens is 7. The molecule has 3 aromatic rings. The van der Waals surface area contributed by atoms with Gasteiger partial charge < -0.3 is 14.2 Å². The largest absolute Gasteiger partial charge is 0.479 e. The molecule has 17 heteroatoms. The molecular weight excluding hydrogens is 538 g/mol. The van der Waals surface area contributed by atoms with Crippen LogP contribution < -0.4 is 14.2 Å². The molecule has 1 aliphatic carbocycles. The van der Waals surface area contributed by atoms with Gasteiger partial charge in [-0.05, 0) is 13.3 Å². The summed E-state index contributed by atoms with van der Waals surface area (Å²) in [6, 6.07) is 0. The first kappa shape index (κ1) is 26.8. The van der Waals surface area contributed by atoms with Gasteiger partial charge in [0.2, 0.25) is 27.7 Å². The zero-order valence-corrected chi connectivity index (χ0v) is 21.7. The lowest BCUT2D eigenvalue weighted by atomic mass is 9.80. The molecule has 3 heterocycles. The lowest BCUT2D eigenvalue weighted by molar-refractivity contribution is -0.0994. The third-order valence-electron chi connectivity index (χ3n) is 5.94. The molecule has 0 radical (unpaired) electrons. The molecule has 3 aromatic heterocycles. The Morgan fingerprint density at radius 1 is 1.11 bits per heavy atom. The average molecular weight is 561 g/mol. The van der Waals surface area contributed by atoms with E-state index in [1.807, 2.05) is 0 Å². The summed E-state index contributed by atoms with van der Waals surface area (Å²) in [5.74, 6) is -5.10. The fourth-order valence-electron chi connectivity index (χ4n) is 3.83. The topological polar surface area (TPSA) is 156 Å². The number of alkyl halides is 2. The first-order valence-electron chi connectivity index (χ1n) is 10.8. The second-order valence-corrected chi connectivity index (χ2v) is 10.6. The van der Waals surface area contributed by atoms with Gasteiger partial charge in [0.15, 0.2) is 11.5 Å². The van der Waals surface area contributed by atoms with Crippen LogP contribution in [0.2, 0.25) is 5.02 Å². The molecule has 1 aliphatic rings. The lowest BCUT2D eigenvalue weighted by Gasteiger charge is -2.35. The fraction of sp³-hybridized carbons (Fsp3) is 0.500. The minimum absolute atomic E-state index is 0.0510. The van der Waals surface area contributed by atoms with E-state index in [0.717, 1.165) is 10.9 Å². The predicted octanol–water partition coefficient (Wildman–Crippen LogP) is 2.55. The quantitative estimate of drug-likeness (QED) is 0.388. The van der Waals surface area contributed by atoms with E-state index in [9.17, 15) is 17.2 Å². The maximum absolute atomic E-state index is 14.4. The molecular formula is C20H23ClF2N8O5S. The molecule has 1 saturated carbocycles. The maximum Gasteiger partial charge on any atom is 0.258 e. The van der Waals surface area contributed by atoms with Crippen LogP contribution in [0.15, 0.2) is 18.7 Å². The zero-order chi connectivity index (χ0) is 27.0. The summed E-state index contributed by atoms with van der Waals surface area (Å²) in [4.78, 5) is 16.1. The Labute approximate surface area is 215 Å². The van der Waals surface area contributed by atoms with Gasteiger partial charge in [-0.3, -0.25) is 9.29 Å². The molecule has 37 heavy (non-hydrogen) atoms. The van der Waals surface area contributed by atoms with Gasteiger partial charge >= 0.3 is 0 Å². The predicted molar refractivity (Wildman–Crippen MR) is 126 cm³/mol. The van der Waals surface area contributed by atoms with Crippen LogP contribution in [0.25, 0.3) is 5.69 Å². The molecule has 3 atom stereocenters. The number of methoxy groups -OCH3 is 3. The number of ether oxygens (including phenoxy) is 3. The summed E-state index contributed by atoms with van der Waals surface area (Å²) in [7, 11) is -0.407. The second kappa shape index (κ2) is 10.3. The van der Waals surface area contributed by atoms with Crippen LogP contribution in [0.1, 0.15) is 43.4 Å². The monoisotopic (exact) mass is 560 g/mol. The van der Waals surface area contributed by atoms with E-state index in [4.69, 9.17) is 25.8 Å². The number of halogens is 3. The molecule has 1 fully saturated rings. The molecule has 4 rings (SSSR count). The Kier molecular flexibility index (Phi) is 7.43. The number of nitrogens with one attached hydrogen (secondary N) is 1. The van der Waals surface area contributed by atoms with Gasteiger partial charge in [-0.1, -0.05) is 11.6 Å². The van der Waals surface area contributed by atoms with Gasteiger partial charge in [0, 0.05) is 25.9 Å². The van der Waals surface area contributed by atoms with Crippen LogP contribution in [0.4, 0.5) is 14.7 Å². The van der Waals surface area contributed by atoms with Crippen LogP contribution >= 0.6 is 11.6 Å². The smallest absolute Gasteiger partial charge is 0.258 e. The molecule has 0 bridgehead atoms. The first-order valence-corrected chi connectivity index (χ1v) is 12.7. The van der Waals surface area contributed by atoms with Crippen LogP contribution in [-0.2, 0) is 14.8 Å². The summed E-state index contributed by atoms with van der Waals surface area (Å²) in [6.45, 7) is 1.36. The molecule has 1 N–H and O–H groups in total. The average Bonchev–Trinajstić information content (AvgIpc) is 3.25. The number of sulfonamides is 1. The Morgan fingerprint density at radius 2 is 1.73 bits per heavy atom. The molecule has 0 spiro atoms. The molecule has 0 unspecified atom stereocenters. The van der Waals surface area contributed by atoms with Crippen LogP contribution in [0.3, 0.4) is 0 Å². The summed E-state index contributed by atoms with van der Waals surface area (Å²) >= 11 is 5.83. The van der Waals surface area contributed by atoms with Crippen LogP contribution in [-0.4, -0.2) is 75.6 Å². The molecule has 0 aromatic carbocycles. The Balaban J connectivity index is 1.80. The van der Waals surface area contributed by atoms with E-state index < -0.39 is 39.2 Å². The maximum atomic E-state index is 14.4. The summed E-state index contributed by atoms with van der Waals surface area (Å²) in [5, 5.41) is 6.78. The van der Waals surface area contributed by atoms with Crippen LogP contribution in [0, 0.1) is 0 Å². The number of rotatable bonds is 10. The van der Waals surface area contributed by atoms with Crippen molar-refractivity contribution < 1.29 is 31.4 Å². The van der Waals surface area contributed by atoms with Crippen molar-refractivity contribution in [3.63, 3.8) is 0 Å². The number of hydrogen-bond acceptors (Lipinski definition) is 11. The van der Waals surface area contributed by atoms with Crippen molar-refractivity contribution in [2.75, 3.05) is 26.1 Å². The van der Waals surface area contributed by atoms with Gasteiger partial charge in [-0.2, -0.15) is 9.97 Å². The molecule has 0 aliphatic heterocycles. The van der Waals surface area contributed by atoms with Crippen molar-refractivity contribution in [2.45, 2.75) is 43.0 Å². The summed E-state index contributed by atoms with van der Waals surface area (Å²) < 4.78 is 75.1. The van der Waals surface area contributed by atoms with Gasteiger partial charge in [0.1, 0.15) is 23.5 Å². The third-order valence-corrected chi connectivity index (χ3v) is 7.83. The van der Waals surface area contributed by atoms with Crippen molar-refractivity contribution in [3.8, 4) is 17.4 Å².